The van der Waals surface area contributed by atoms with Crippen LogP contribution in [0, 0.1) is 6.92 Å². The van der Waals surface area contributed by atoms with Gasteiger partial charge in [-0.1, -0.05) is 19.1 Å². The molecule has 0 bridgehead atoms. The van der Waals surface area contributed by atoms with E-state index < -0.39 is 0 Å². The van der Waals surface area contributed by atoms with Crippen LogP contribution in [0.4, 0.5) is 5.69 Å². The number of rotatable bonds is 8. The van der Waals surface area contributed by atoms with Crippen molar-refractivity contribution >= 4 is 5.69 Å². The highest BCUT2D eigenvalue weighted by atomic mass is 16.2. The van der Waals surface area contributed by atoms with Crippen LogP contribution in [0.3, 0.4) is 0 Å². The second-order valence-corrected chi connectivity index (χ2v) is 6.15. The van der Waals surface area contributed by atoms with E-state index in [1.807, 2.05) is 0 Å². The van der Waals surface area contributed by atoms with Crippen molar-refractivity contribution in [2.75, 3.05) is 24.6 Å². The number of aliphatic hydroxyl groups excluding tert-OH is 1. The smallest absolute Gasteiger partial charge is 0.0431 e. The number of nitrogens with zero attached hydrogens (tertiary/aromatic N) is 1. The molecule has 0 spiro atoms. The van der Waals surface area contributed by atoms with Gasteiger partial charge in [-0.3, -0.25) is 0 Å². The number of nitrogens with one attached hydrogen (secondary N) is 1. The van der Waals surface area contributed by atoms with E-state index in [0.29, 0.717) is 12.6 Å². The maximum absolute atomic E-state index is 9.05. The molecule has 0 aliphatic carbocycles. The molecule has 1 aromatic carbocycles. The van der Waals surface area contributed by atoms with Gasteiger partial charge in [-0.25, -0.2) is 0 Å². The molecule has 3 heteroatoms. The topological polar surface area (TPSA) is 35.5 Å². The van der Waals surface area contributed by atoms with Crippen LogP contribution in [0.2, 0.25) is 0 Å². The number of benzene rings is 1. The van der Waals surface area contributed by atoms with E-state index in [0.717, 1.165) is 32.5 Å². The van der Waals surface area contributed by atoms with Crippen LogP contribution in [0.15, 0.2) is 18.2 Å². The van der Waals surface area contributed by atoms with E-state index in [1.165, 1.54) is 36.1 Å². The van der Waals surface area contributed by atoms with Crippen molar-refractivity contribution in [2.45, 2.75) is 58.5 Å². The first-order valence-corrected chi connectivity index (χ1v) is 8.44. The van der Waals surface area contributed by atoms with E-state index >= 15 is 0 Å². The molecule has 21 heavy (non-hydrogen) atoms. The van der Waals surface area contributed by atoms with Gasteiger partial charge in [0.2, 0.25) is 0 Å². The number of anilines is 1. The zero-order valence-corrected chi connectivity index (χ0v) is 13.6. The molecule has 2 rings (SSSR count). The summed E-state index contributed by atoms with van der Waals surface area (Å²) in [5, 5.41) is 12.5. The highest BCUT2D eigenvalue weighted by Gasteiger charge is 2.25. The van der Waals surface area contributed by atoms with Crippen LogP contribution in [-0.2, 0) is 6.54 Å². The SMILES string of the molecule is CCCNCc1ccc(N2CCCC2CCCO)c(C)c1. The van der Waals surface area contributed by atoms with Crippen molar-refractivity contribution in [1.82, 2.24) is 5.32 Å². The number of aryl methyl sites for hydroxylation is 1. The van der Waals surface area contributed by atoms with Gasteiger partial charge < -0.3 is 15.3 Å². The summed E-state index contributed by atoms with van der Waals surface area (Å²) >= 11 is 0. The summed E-state index contributed by atoms with van der Waals surface area (Å²) in [6.45, 7) is 7.93. The lowest BCUT2D eigenvalue weighted by Gasteiger charge is -2.28. The average Bonchev–Trinajstić information content (AvgIpc) is 2.94. The fourth-order valence-electron chi connectivity index (χ4n) is 3.34. The predicted molar refractivity (Wildman–Crippen MR) is 89.9 cm³/mol. The predicted octanol–water partition coefficient (Wildman–Crippen LogP) is 3.24. The Bertz CT molecular complexity index is 433. The molecule has 118 valence electrons. The normalized spacial score (nSPS) is 18.4. The molecular formula is C18H30N2O. The maximum Gasteiger partial charge on any atom is 0.0431 e. The molecule has 1 atom stereocenters. The van der Waals surface area contributed by atoms with Gasteiger partial charge in [-0.15, -0.1) is 0 Å². The fraction of sp³-hybridized carbons (Fsp3) is 0.667. The zero-order valence-electron chi connectivity index (χ0n) is 13.6. The first-order valence-electron chi connectivity index (χ1n) is 8.44. The lowest BCUT2D eigenvalue weighted by atomic mass is 10.1. The molecule has 1 aromatic rings. The summed E-state index contributed by atoms with van der Waals surface area (Å²) in [4.78, 5) is 2.55. The summed E-state index contributed by atoms with van der Waals surface area (Å²) in [5.41, 5.74) is 4.13. The van der Waals surface area contributed by atoms with Crippen molar-refractivity contribution in [3.05, 3.63) is 29.3 Å². The molecular weight excluding hydrogens is 260 g/mol. The Hall–Kier alpha value is -1.06. The zero-order chi connectivity index (χ0) is 15.1. The van der Waals surface area contributed by atoms with Gasteiger partial charge in [0.15, 0.2) is 0 Å². The molecule has 0 saturated carbocycles. The van der Waals surface area contributed by atoms with Gasteiger partial charge in [0.05, 0.1) is 0 Å². The first kappa shape index (κ1) is 16.3. The largest absolute Gasteiger partial charge is 0.396 e. The second kappa shape index (κ2) is 8.40. The van der Waals surface area contributed by atoms with Gasteiger partial charge in [0, 0.05) is 31.4 Å². The third kappa shape index (κ3) is 4.45. The highest BCUT2D eigenvalue weighted by molar-refractivity contribution is 5.56. The van der Waals surface area contributed by atoms with Gasteiger partial charge in [-0.2, -0.15) is 0 Å². The van der Waals surface area contributed by atoms with Crippen molar-refractivity contribution in [2.24, 2.45) is 0 Å². The van der Waals surface area contributed by atoms with E-state index in [2.05, 4.69) is 42.3 Å². The van der Waals surface area contributed by atoms with E-state index in [9.17, 15) is 0 Å². The lowest BCUT2D eigenvalue weighted by molar-refractivity contribution is 0.279. The van der Waals surface area contributed by atoms with Crippen molar-refractivity contribution in [1.29, 1.82) is 0 Å². The summed E-state index contributed by atoms with van der Waals surface area (Å²) in [7, 11) is 0. The molecule has 3 nitrogen and oxygen atoms in total. The summed E-state index contributed by atoms with van der Waals surface area (Å²) in [5.74, 6) is 0. The first-order chi connectivity index (χ1) is 10.3. The third-order valence-corrected chi connectivity index (χ3v) is 4.40. The Kier molecular flexibility index (Phi) is 6.52. The van der Waals surface area contributed by atoms with Crippen LogP contribution in [0.5, 0.6) is 0 Å². The van der Waals surface area contributed by atoms with Gasteiger partial charge in [0.25, 0.3) is 0 Å². The van der Waals surface area contributed by atoms with Crippen LogP contribution in [-0.4, -0.2) is 30.8 Å². The van der Waals surface area contributed by atoms with Crippen LogP contribution in [0.1, 0.15) is 50.2 Å². The van der Waals surface area contributed by atoms with Crippen molar-refractivity contribution in [3.63, 3.8) is 0 Å². The lowest BCUT2D eigenvalue weighted by Crippen LogP contribution is -2.30. The molecule has 1 fully saturated rings. The van der Waals surface area contributed by atoms with Crippen molar-refractivity contribution < 1.29 is 5.11 Å². The molecule has 1 unspecified atom stereocenters. The number of aliphatic hydroxyl groups is 1. The quantitative estimate of drug-likeness (QED) is 0.722. The van der Waals surface area contributed by atoms with Gasteiger partial charge in [-0.05, 0) is 62.8 Å². The van der Waals surface area contributed by atoms with E-state index in [1.54, 1.807) is 0 Å². The monoisotopic (exact) mass is 290 g/mol. The molecule has 1 heterocycles. The van der Waals surface area contributed by atoms with Crippen LogP contribution in [0.25, 0.3) is 0 Å². The Morgan fingerprint density at radius 1 is 1.38 bits per heavy atom. The Labute approximate surface area is 129 Å². The van der Waals surface area contributed by atoms with Gasteiger partial charge in [0.1, 0.15) is 0 Å². The van der Waals surface area contributed by atoms with Crippen LogP contribution >= 0.6 is 0 Å². The van der Waals surface area contributed by atoms with E-state index in [-0.39, 0.29) is 0 Å². The van der Waals surface area contributed by atoms with E-state index in [4.69, 9.17) is 5.11 Å². The molecule has 1 aliphatic rings. The second-order valence-electron chi connectivity index (χ2n) is 6.15. The van der Waals surface area contributed by atoms with Crippen LogP contribution < -0.4 is 10.2 Å². The molecule has 0 radical (unpaired) electrons. The minimum atomic E-state index is 0.311. The van der Waals surface area contributed by atoms with Gasteiger partial charge >= 0.3 is 0 Å². The third-order valence-electron chi connectivity index (χ3n) is 4.40. The summed E-state index contributed by atoms with van der Waals surface area (Å²) in [6, 6.07) is 7.47. The molecule has 0 amide bonds. The molecule has 1 aliphatic heterocycles. The average molecular weight is 290 g/mol. The standard InChI is InChI=1S/C18H30N2O/c1-3-10-19-14-16-8-9-18(15(2)13-16)20-11-4-6-17(20)7-5-12-21/h8-9,13,17,19,21H,3-7,10-12,14H2,1-2H3. The highest BCUT2D eigenvalue weighted by Crippen LogP contribution is 2.31. The maximum atomic E-state index is 9.05. The Balaban J connectivity index is 2.02. The van der Waals surface area contributed by atoms with Crippen molar-refractivity contribution in [3.8, 4) is 0 Å². The number of hydrogen-bond acceptors (Lipinski definition) is 3. The molecule has 2 N–H and O–H groups in total. The summed E-state index contributed by atoms with van der Waals surface area (Å²) < 4.78 is 0. The molecule has 1 saturated heterocycles. The Morgan fingerprint density at radius 2 is 2.24 bits per heavy atom. The molecule has 0 aromatic heterocycles. The fourth-order valence-corrected chi connectivity index (χ4v) is 3.34. The summed E-state index contributed by atoms with van der Waals surface area (Å²) in [6.07, 6.45) is 5.74. The minimum absolute atomic E-state index is 0.311. The minimum Gasteiger partial charge on any atom is -0.396 e. The number of hydrogen-bond donors (Lipinski definition) is 2. The Morgan fingerprint density at radius 3 is 2.95 bits per heavy atom.